The molecule has 2 nitrogen and oxygen atoms in total. The Morgan fingerprint density at radius 1 is 1.25 bits per heavy atom. The molecule has 0 N–H and O–H groups in total. The smallest absolute Gasteiger partial charge is 0.163 e. The van der Waals surface area contributed by atoms with Crippen molar-refractivity contribution in [3.63, 3.8) is 0 Å². The average Bonchev–Trinajstić information content (AvgIpc) is 2.04. The third kappa shape index (κ3) is 1.84. The highest BCUT2D eigenvalue weighted by Crippen LogP contribution is 2.11. The van der Waals surface area contributed by atoms with Crippen molar-refractivity contribution in [2.24, 2.45) is 0 Å². The Morgan fingerprint density at radius 2 is 1.75 bits per heavy atom. The van der Waals surface area contributed by atoms with Gasteiger partial charge in [-0.15, -0.1) is 0 Å². The molecular weight excluding hydrogens is 150 g/mol. The largest absolute Gasteiger partial charge is 0.378 e. The van der Waals surface area contributed by atoms with Gasteiger partial charge in [0.2, 0.25) is 0 Å². The molecule has 0 fully saturated rings. The molecule has 63 valence electrons. The van der Waals surface area contributed by atoms with E-state index in [1.807, 2.05) is 31.1 Å². The molecular formula is C10H12NO. The van der Waals surface area contributed by atoms with Crippen LogP contribution in [0.5, 0.6) is 0 Å². The molecule has 0 aliphatic rings. The molecule has 1 radical (unpaired) electrons. The van der Waals surface area contributed by atoms with Gasteiger partial charge in [0.25, 0.3) is 0 Å². The van der Waals surface area contributed by atoms with Crippen molar-refractivity contribution in [2.45, 2.75) is 0 Å². The van der Waals surface area contributed by atoms with E-state index in [9.17, 15) is 4.79 Å². The number of benzene rings is 1. The second kappa shape index (κ2) is 3.39. The number of nitrogens with zero attached hydrogens (tertiary/aromatic N) is 1. The van der Waals surface area contributed by atoms with E-state index in [1.54, 1.807) is 12.1 Å². The van der Waals surface area contributed by atoms with E-state index in [0.717, 1.165) is 5.69 Å². The van der Waals surface area contributed by atoms with Crippen molar-refractivity contribution in [1.29, 1.82) is 0 Å². The zero-order chi connectivity index (χ0) is 9.14. The molecule has 0 atom stereocenters. The Kier molecular flexibility index (Phi) is 2.48. The molecule has 0 spiro atoms. The molecule has 0 bridgehead atoms. The molecule has 1 rings (SSSR count). The van der Waals surface area contributed by atoms with E-state index in [1.165, 1.54) is 0 Å². The number of hydrogen-bond acceptors (Lipinski definition) is 2. The van der Waals surface area contributed by atoms with Gasteiger partial charge >= 0.3 is 0 Å². The lowest BCUT2D eigenvalue weighted by molar-refractivity contribution is 0.104. The summed E-state index contributed by atoms with van der Waals surface area (Å²) in [5.74, 6) is -0.139. The van der Waals surface area contributed by atoms with Crippen LogP contribution in [0, 0.1) is 6.92 Å². The first-order valence-electron chi connectivity index (χ1n) is 3.75. The third-order valence-electron chi connectivity index (χ3n) is 1.71. The minimum Gasteiger partial charge on any atom is -0.378 e. The first kappa shape index (κ1) is 8.78. The van der Waals surface area contributed by atoms with Crippen LogP contribution in [0.15, 0.2) is 24.3 Å². The first-order chi connectivity index (χ1) is 5.61. The van der Waals surface area contributed by atoms with Crippen LogP contribution in [0.2, 0.25) is 0 Å². The van der Waals surface area contributed by atoms with Crippen LogP contribution in [0.3, 0.4) is 0 Å². The minimum absolute atomic E-state index is 0.139. The van der Waals surface area contributed by atoms with Crippen LogP contribution in [-0.2, 0) is 0 Å². The van der Waals surface area contributed by atoms with Gasteiger partial charge in [-0.3, -0.25) is 4.79 Å². The van der Waals surface area contributed by atoms with Gasteiger partial charge < -0.3 is 4.90 Å². The highest BCUT2D eigenvalue weighted by molar-refractivity contribution is 5.99. The normalized spacial score (nSPS) is 9.58. The van der Waals surface area contributed by atoms with Crippen LogP contribution in [-0.4, -0.2) is 19.9 Å². The van der Waals surface area contributed by atoms with E-state index in [0.29, 0.717) is 5.56 Å². The summed E-state index contributed by atoms with van der Waals surface area (Å²) in [6.45, 7) is 3.33. The number of carbonyl (C=O) groups excluding carboxylic acids is 1. The Bertz CT molecular complexity index is 274. The van der Waals surface area contributed by atoms with E-state index in [4.69, 9.17) is 0 Å². The molecule has 0 aliphatic heterocycles. The Hall–Kier alpha value is -1.31. The summed E-state index contributed by atoms with van der Waals surface area (Å²) in [5.41, 5.74) is 1.74. The topological polar surface area (TPSA) is 20.3 Å². The summed E-state index contributed by atoms with van der Waals surface area (Å²) in [6, 6.07) is 7.37. The van der Waals surface area contributed by atoms with Gasteiger partial charge in [0.05, 0.1) is 0 Å². The highest BCUT2D eigenvalue weighted by atomic mass is 16.1. The molecule has 12 heavy (non-hydrogen) atoms. The molecule has 0 heterocycles. The zero-order valence-corrected chi connectivity index (χ0v) is 7.37. The molecule has 0 aliphatic carbocycles. The number of ketones is 1. The van der Waals surface area contributed by atoms with Crippen LogP contribution in [0.4, 0.5) is 5.69 Å². The summed E-state index contributed by atoms with van der Waals surface area (Å²) in [4.78, 5) is 12.8. The second-order valence-electron chi connectivity index (χ2n) is 2.86. The summed E-state index contributed by atoms with van der Waals surface area (Å²) in [7, 11) is 3.92. The molecule has 1 aromatic carbocycles. The van der Waals surface area contributed by atoms with Gasteiger partial charge in [-0.1, -0.05) is 0 Å². The van der Waals surface area contributed by atoms with Gasteiger partial charge in [-0.05, 0) is 24.3 Å². The number of hydrogen-bond donors (Lipinski definition) is 0. The molecule has 1 aromatic rings. The van der Waals surface area contributed by atoms with Crippen molar-refractivity contribution < 1.29 is 4.79 Å². The van der Waals surface area contributed by atoms with E-state index in [2.05, 4.69) is 6.92 Å². The number of Topliss-reactive ketones (excluding diaryl/α,β-unsaturated/α-hetero) is 1. The standard InChI is InChI=1S/C10H12NO/c1-8(12)9-4-6-10(7-5-9)11(2)3/h4-7H,1H2,2-3H3. The maximum Gasteiger partial charge on any atom is 0.163 e. The average molecular weight is 162 g/mol. The second-order valence-corrected chi connectivity index (χ2v) is 2.86. The fraction of sp³-hybridized carbons (Fsp3) is 0.200. The van der Waals surface area contributed by atoms with E-state index in [-0.39, 0.29) is 5.78 Å². The lowest BCUT2D eigenvalue weighted by Gasteiger charge is -2.11. The molecule has 0 amide bonds. The van der Waals surface area contributed by atoms with Crippen LogP contribution < -0.4 is 4.90 Å². The van der Waals surface area contributed by atoms with Crippen LogP contribution in [0.25, 0.3) is 0 Å². The number of rotatable bonds is 2. The number of anilines is 1. The van der Waals surface area contributed by atoms with Gasteiger partial charge in [-0.2, -0.15) is 0 Å². The van der Waals surface area contributed by atoms with Crippen LogP contribution >= 0.6 is 0 Å². The monoisotopic (exact) mass is 162 g/mol. The molecule has 0 saturated carbocycles. The highest BCUT2D eigenvalue weighted by Gasteiger charge is 1.98. The van der Waals surface area contributed by atoms with Crippen molar-refractivity contribution in [1.82, 2.24) is 0 Å². The van der Waals surface area contributed by atoms with Crippen LogP contribution in [0.1, 0.15) is 10.4 Å². The Morgan fingerprint density at radius 3 is 2.08 bits per heavy atom. The predicted octanol–water partition coefficient (Wildman–Crippen LogP) is 1.77. The van der Waals surface area contributed by atoms with Gasteiger partial charge in [0.1, 0.15) is 0 Å². The van der Waals surface area contributed by atoms with Gasteiger partial charge in [0, 0.05) is 32.3 Å². The summed E-state index contributed by atoms with van der Waals surface area (Å²) < 4.78 is 0. The fourth-order valence-corrected chi connectivity index (χ4v) is 0.945. The van der Waals surface area contributed by atoms with Gasteiger partial charge in [-0.25, -0.2) is 0 Å². The first-order valence-corrected chi connectivity index (χ1v) is 3.75. The fourth-order valence-electron chi connectivity index (χ4n) is 0.945. The maximum absolute atomic E-state index is 10.8. The van der Waals surface area contributed by atoms with E-state index < -0.39 is 0 Å². The summed E-state index contributed by atoms with van der Waals surface area (Å²) in [6.07, 6.45) is 0. The lowest BCUT2D eigenvalue weighted by atomic mass is 10.1. The maximum atomic E-state index is 10.8. The zero-order valence-electron chi connectivity index (χ0n) is 7.37. The lowest BCUT2D eigenvalue weighted by Crippen LogP contribution is -2.08. The Balaban J connectivity index is 2.93. The molecule has 0 aromatic heterocycles. The summed E-state index contributed by atoms with van der Waals surface area (Å²) >= 11 is 0. The summed E-state index contributed by atoms with van der Waals surface area (Å²) in [5, 5.41) is 0. The number of carbonyl (C=O) groups is 1. The van der Waals surface area contributed by atoms with Crippen molar-refractivity contribution in [3.05, 3.63) is 36.8 Å². The molecule has 2 heteroatoms. The van der Waals surface area contributed by atoms with Crippen molar-refractivity contribution in [3.8, 4) is 0 Å². The molecule has 0 saturated heterocycles. The van der Waals surface area contributed by atoms with Crippen molar-refractivity contribution in [2.75, 3.05) is 19.0 Å². The quantitative estimate of drug-likeness (QED) is 0.618. The third-order valence-corrected chi connectivity index (χ3v) is 1.71. The van der Waals surface area contributed by atoms with E-state index >= 15 is 0 Å². The molecule has 0 unspecified atom stereocenters. The minimum atomic E-state index is -0.139. The Labute approximate surface area is 72.8 Å². The SMILES string of the molecule is [CH2]C(=O)c1ccc(N(C)C)cc1. The van der Waals surface area contributed by atoms with Gasteiger partial charge in [0.15, 0.2) is 5.78 Å². The van der Waals surface area contributed by atoms with Crippen molar-refractivity contribution >= 4 is 11.5 Å². The predicted molar refractivity (Wildman–Crippen MR) is 50.5 cm³/mol.